The lowest BCUT2D eigenvalue weighted by molar-refractivity contribution is -0.112. The second-order valence-electron chi connectivity index (χ2n) is 7.06. The first kappa shape index (κ1) is 24.0. The molecule has 0 aromatic heterocycles. The molecule has 7 nitrogen and oxygen atoms in total. The zero-order valence-corrected chi connectivity index (χ0v) is 18.2. The number of nitrogens with zero attached hydrogens (tertiary/aromatic N) is 1. The van der Waals surface area contributed by atoms with Crippen LogP contribution < -0.4 is 14.8 Å². The summed E-state index contributed by atoms with van der Waals surface area (Å²) < 4.78 is 24.5. The number of benzene rings is 3. The van der Waals surface area contributed by atoms with E-state index in [-0.39, 0.29) is 29.2 Å². The van der Waals surface area contributed by atoms with Crippen LogP contribution in [0.5, 0.6) is 11.5 Å². The Bertz CT molecular complexity index is 1260. The Morgan fingerprint density at radius 3 is 2.50 bits per heavy atom. The molecule has 2 N–H and O–H groups in total. The Kier molecular flexibility index (Phi) is 7.97. The number of rotatable bonds is 9. The van der Waals surface area contributed by atoms with Gasteiger partial charge in [-0.2, -0.15) is 5.26 Å². The lowest BCUT2D eigenvalue weighted by Gasteiger charge is -2.13. The Labute approximate surface area is 195 Å². The van der Waals surface area contributed by atoms with Crippen LogP contribution in [0.4, 0.5) is 10.1 Å². The first-order valence-electron chi connectivity index (χ1n) is 10.3. The van der Waals surface area contributed by atoms with E-state index in [0.29, 0.717) is 23.7 Å². The number of hydrogen-bond acceptors (Lipinski definition) is 5. The van der Waals surface area contributed by atoms with Crippen molar-refractivity contribution in [1.82, 2.24) is 0 Å². The van der Waals surface area contributed by atoms with Crippen LogP contribution in [0.2, 0.25) is 0 Å². The lowest BCUT2D eigenvalue weighted by atomic mass is 10.1. The number of hydrogen-bond donors (Lipinski definition) is 2. The van der Waals surface area contributed by atoms with Crippen LogP contribution in [-0.2, 0) is 11.4 Å². The van der Waals surface area contributed by atoms with Crippen LogP contribution >= 0.6 is 0 Å². The highest BCUT2D eigenvalue weighted by molar-refractivity contribution is 6.10. The van der Waals surface area contributed by atoms with Crippen molar-refractivity contribution in [2.24, 2.45) is 0 Å². The summed E-state index contributed by atoms with van der Waals surface area (Å²) in [5, 5.41) is 21.1. The molecule has 3 aromatic carbocycles. The molecule has 0 radical (unpaired) electrons. The second kappa shape index (κ2) is 11.3. The molecule has 0 aliphatic rings. The van der Waals surface area contributed by atoms with Gasteiger partial charge in [-0.05, 0) is 66.6 Å². The van der Waals surface area contributed by atoms with Crippen molar-refractivity contribution in [3.05, 3.63) is 94.8 Å². The molecule has 1 amide bonds. The summed E-state index contributed by atoms with van der Waals surface area (Å²) in [7, 11) is 0. The number of amides is 1. The lowest BCUT2D eigenvalue weighted by Crippen LogP contribution is -2.14. The molecule has 34 heavy (non-hydrogen) atoms. The Hall–Kier alpha value is -4.64. The molecule has 0 heterocycles. The highest BCUT2D eigenvalue weighted by Gasteiger charge is 2.13. The molecule has 0 fully saturated rings. The van der Waals surface area contributed by atoms with Crippen molar-refractivity contribution in [2.45, 2.75) is 13.5 Å². The number of carboxylic acid groups (broad SMARTS) is 1. The van der Waals surface area contributed by atoms with E-state index in [1.54, 1.807) is 30.3 Å². The minimum absolute atomic E-state index is 0.0119. The third-order valence-electron chi connectivity index (χ3n) is 4.62. The molecule has 0 aliphatic carbocycles. The first-order chi connectivity index (χ1) is 16.4. The number of nitrogens with one attached hydrogen (secondary N) is 1. The zero-order chi connectivity index (χ0) is 24.5. The van der Waals surface area contributed by atoms with Crippen LogP contribution in [-0.4, -0.2) is 23.6 Å². The van der Waals surface area contributed by atoms with Crippen LogP contribution in [0.25, 0.3) is 6.08 Å². The summed E-state index contributed by atoms with van der Waals surface area (Å²) in [4.78, 5) is 23.7. The number of carboxylic acids is 1. The Morgan fingerprint density at radius 1 is 1.06 bits per heavy atom. The molecular weight excluding hydrogens is 439 g/mol. The SMILES string of the molecule is CCOc1cc(/C=C(/C#N)C(=O)Nc2cccc(C(=O)O)c2)ccc1OCc1ccc(F)cc1. The van der Waals surface area contributed by atoms with Gasteiger partial charge in [0.25, 0.3) is 5.91 Å². The van der Waals surface area contributed by atoms with Crippen molar-refractivity contribution in [3.8, 4) is 17.6 Å². The largest absolute Gasteiger partial charge is 0.490 e. The second-order valence-corrected chi connectivity index (χ2v) is 7.06. The van der Waals surface area contributed by atoms with Crippen LogP contribution in [0.1, 0.15) is 28.4 Å². The smallest absolute Gasteiger partial charge is 0.335 e. The molecule has 3 aromatic rings. The fraction of sp³-hybridized carbons (Fsp3) is 0.115. The highest BCUT2D eigenvalue weighted by atomic mass is 19.1. The van der Waals surface area contributed by atoms with Gasteiger partial charge in [-0.3, -0.25) is 4.79 Å². The van der Waals surface area contributed by atoms with Gasteiger partial charge in [-0.1, -0.05) is 24.3 Å². The molecular formula is C26H21FN2O5. The van der Waals surface area contributed by atoms with Crippen LogP contribution in [0.3, 0.4) is 0 Å². The van der Waals surface area contributed by atoms with E-state index < -0.39 is 11.9 Å². The number of halogens is 1. The molecule has 0 atom stereocenters. The maximum atomic E-state index is 13.1. The van der Waals surface area contributed by atoms with Gasteiger partial charge >= 0.3 is 5.97 Å². The minimum Gasteiger partial charge on any atom is -0.490 e. The highest BCUT2D eigenvalue weighted by Crippen LogP contribution is 2.30. The van der Waals surface area contributed by atoms with Crippen LogP contribution in [0, 0.1) is 17.1 Å². The van der Waals surface area contributed by atoms with E-state index in [1.165, 1.54) is 42.5 Å². The summed E-state index contributed by atoms with van der Waals surface area (Å²) in [6, 6.07) is 18.5. The Morgan fingerprint density at radius 2 is 1.82 bits per heavy atom. The summed E-state index contributed by atoms with van der Waals surface area (Å²) >= 11 is 0. The van der Waals surface area contributed by atoms with Gasteiger partial charge in [-0.15, -0.1) is 0 Å². The summed E-state index contributed by atoms with van der Waals surface area (Å²) in [5.41, 5.74) is 1.40. The average Bonchev–Trinajstić information content (AvgIpc) is 2.83. The number of aromatic carboxylic acids is 1. The maximum Gasteiger partial charge on any atom is 0.335 e. The third-order valence-corrected chi connectivity index (χ3v) is 4.62. The van der Waals surface area contributed by atoms with Gasteiger partial charge in [0.05, 0.1) is 12.2 Å². The molecule has 0 spiro atoms. The van der Waals surface area contributed by atoms with Crippen molar-refractivity contribution < 1.29 is 28.6 Å². The van der Waals surface area contributed by atoms with Crippen molar-refractivity contribution in [1.29, 1.82) is 5.26 Å². The topological polar surface area (TPSA) is 109 Å². The average molecular weight is 460 g/mol. The van der Waals surface area contributed by atoms with E-state index in [1.807, 2.05) is 13.0 Å². The van der Waals surface area contributed by atoms with Gasteiger partial charge in [-0.25, -0.2) is 9.18 Å². The van der Waals surface area contributed by atoms with E-state index in [0.717, 1.165) is 5.56 Å². The first-order valence-corrected chi connectivity index (χ1v) is 10.3. The van der Waals surface area contributed by atoms with E-state index in [4.69, 9.17) is 14.6 Å². The van der Waals surface area contributed by atoms with Gasteiger partial charge in [0.2, 0.25) is 0 Å². The van der Waals surface area contributed by atoms with Crippen molar-refractivity contribution in [3.63, 3.8) is 0 Å². The van der Waals surface area contributed by atoms with Crippen molar-refractivity contribution >= 4 is 23.6 Å². The normalized spacial score (nSPS) is 10.8. The summed E-state index contributed by atoms with van der Waals surface area (Å²) in [6.07, 6.45) is 1.39. The quantitative estimate of drug-likeness (QED) is 0.342. The predicted molar refractivity (Wildman–Crippen MR) is 124 cm³/mol. The van der Waals surface area contributed by atoms with Gasteiger partial charge in [0, 0.05) is 5.69 Å². The fourth-order valence-electron chi connectivity index (χ4n) is 2.99. The van der Waals surface area contributed by atoms with Gasteiger partial charge in [0.15, 0.2) is 11.5 Å². The maximum absolute atomic E-state index is 13.1. The van der Waals surface area contributed by atoms with Crippen LogP contribution in [0.15, 0.2) is 72.3 Å². The number of nitriles is 1. The summed E-state index contributed by atoms with van der Waals surface area (Å²) in [5.74, 6) is -1.26. The minimum atomic E-state index is -1.13. The van der Waals surface area contributed by atoms with Gasteiger partial charge < -0.3 is 19.9 Å². The van der Waals surface area contributed by atoms with Crippen molar-refractivity contribution in [2.75, 3.05) is 11.9 Å². The number of anilines is 1. The summed E-state index contributed by atoms with van der Waals surface area (Å²) in [6.45, 7) is 2.38. The molecule has 3 rings (SSSR count). The molecule has 0 bridgehead atoms. The standard InChI is InChI=1S/C26H21FN2O5/c1-2-33-24-13-18(8-11-23(24)34-16-17-6-9-21(27)10-7-17)12-20(15-28)25(30)29-22-5-3-4-19(14-22)26(31)32/h3-14H,2,16H2,1H3,(H,29,30)(H,31,32)/b20-12-. The number of carbonyl (C=O) groups is 2. The molecule has 172 valence electrons. The zero-order valence-electron chi connectivity index (χ0n) is 18.2. The third kappa shape index (κ3) is 6.43. The number of carbonyl (C=O) groups excluding carboxylic acids is 1. The van der Waals surface area contributed by atoms with Gasteiger partial charge in [0.1, 0.15) is 24.1 Å². The van der Waals surface area contributed by atoms with E-state index in [9.17, 15) is 19.2 Å². The predicted octanol–water partition coefficient (Wildman–Crippen LogP) is 5.05. The molecule has 8 heteroatoms. The molecule has 0 saturated carbocycles. The monoisotopic (exact) mass is 460 g/mol. The molecule has 0 unspecified atom stereocenters. The van der Waals surface area contributed by atoms with E-state index in [2.05, 4.69) is 5.32 Å². The molecule has 0 saturated heterocycles. The number of ether oxygens (including phenoxy) is 2. The Balaban J connectivity index is 1.78. The molecule has 0 aliphatic heterocycles. The fourth-order valence-corrected chi connectivity index (χ4v) is 2.99. The van der Waals surface area contributed by atoms with E-state index >= 15 is 0 Å².